The molecule has 2 aliphatic rings. The van der Waals surface area contributed by atoms with Gasteiger partial charge in [0, 0.05) is 37.1 Å². The molecule has 2 unspecified atom stereocenters. The number of ether oxygens (including phenoxy) is 2. The lowest BCUT2D eigenvalue weighted by atomic mass is 10.1. The van der Waals surface area contributed by atoms with Crippen LogP contribution in [0.25, 0.3) is 10.8 Å². The van der Waals surface area contributed by atoms with E-state index in [4.69, 9.17) is 26.8 Å². The Morgan fingerprint density at radius 2 is 1.86 bits per heavy atom. The van der Waals surface area contributed by atoms with Crippen LogP contribution in [0.2, 0.25) is 5.02 Å². The zero-order chi connectivity index (χ0) is 30.9. The minimum absolute atomic E-state index is 0.00519. The standard InChI is InChI=1S/C31H40ClN7O4/c1-19-17-38(30(41)43-31(2,3)4)15-16-39(19)27-25(33)26(35-29(36-27)42-18-21-11-8-14-37(21)5)28(40)34-23-13-7-10-20-9-6-12-22(32)24(20)23/h6-7,9-10,12-13,19,21H,8,11,14-18,33H2,1-5H3,(H,34,40). The van der Waals surface area contributed by atoms with E-state index < -0.39 is 11.5 Å². The summed E-state index contributed by atoms with van der Waals surface area (Å²) in [4.78, 5) is 41.6. The summed E-state index contributed by atoms with van der Waals surface area (Å²) in [7, 11) is 2.07. The summed E-state index contributed by atoms with van der Waals surface area (Å²) in [5.74, 6) is -0.112. The molecule has 43 heavy (non-hydrogen) atoms. The molecule has 0 aliphatic carbocycles. The predicted octanol–water partition coefficient (Wildman–Crippen LogP) is 5.04. The third-order valence-electron chi connectivity index (χ3n) is 7.85. The number of piperazine rings is 1. The molecule has 5 rings (SSSR count). The van der Waals surface area contributed by atoms with E-state index in [1.165, 1.54) is 0 Å². The minimum atomic E-state index is -0.593. The average Bonchev–Trinajstić information content (AvgIpc) is 3.36. The number of fused-ring (bicyclic) bond motifs is 1. The van der Waals surface area contributed by atoms with E-state index in [1.807, 2.05) is 56.9 Å². The summed E-state index contributed by atoms with van der Waals surface area (Å²) in [5, 5.41) is 5.09. The van der Waals surface area contributed by atoms with Crippen LogP contribution in [0, 0.1) is 0 Å². The van der Waals surface area contributed by atoms with Crippen LogP contribution in [-0.4, -0.2) is 89.3 Å². The second-order valence-corrected chi connectivity index (χ2v) is 12.7. The number of hydrogen-bond acceptors (Lipinski definition) is 9. The van der Waals surface area contributed by atoms with Gasteiger partial charge >= 0.3 is 12.1 Å². The van der Waals surface area contributed by atoms with Gasteiger partial charge in [0.25, 0.3) is 5.91 Å². The number of likely N-dealkylation sites (tertiary alicyclic amines) is 1. The number of nitrogens with two attached hydrogens (primary N) is 1. The third-order valence-corrected chi connectivity index (χ3v) is 8.16. The van der Waals surface area contributed by atoms with E-state index in [0.717, 1.165) is 30.2 Å². The summed E-state index contributed by atoms with van der Waals surface area (Å²) in [6, 6.07) is 11.3. The van der Waals surface area contributed by atoms with Crippen LogP contribution in [0.4, 0.5) is 22.0 Å². The normalized spacial score (nSPS) is 19.5. The molecule has 12 heteroatoms. The van der Waals surface area contributed by atoms with E-state index in [1.54, 1.807) is 17.0 Å². The van der Waals surface area contributed by atoms with E-state index in [9.17, 15) is 9.59 Å². The van der Waals surface area contributed by atoms with Crippen LogP contribution in [0.3, 0.4) is 0 Å². The molecule has 2 aliphatic heterocycles. The first-order valence-corrected chi connectivity index (χ1v) is 15.0. The number of hydrogen-bond donors (Lipinski definition) is 2. The van der Waals surface area contributed by atoms with Crippen molar-refractivity contribution in [2.75, 3.05) is 55.8 Å². The van der Waals surface area contributed by atoms with Gasteiger partial charge in [0.05, 0.1) is 10.7 Å². The second-order valence-electron chi connectivity index (χ2n) is 12.2. The second kappa shape index (κ2) is 12.4. The SMILES string of the molecule is CC1CN(C(=O)OC(C)(C)C)CCN1c1nc(OCC2CCCN2C)nc(C(=O)Nc2cccc3cccc(Cl)c23)c1N. The van der Waals surface area contributed by atoms with Crippen LogP contribution in [0.5, 0.6) is 6.01 Å². The highest BCUT2D eigenvalue weighted by Crippen LogP contribution is 2.33. The first-order chi connectivity index (χ1) is 20.4. The molecule has 3 aromatic rings. The van der Waals surface area contributed by atoms with E-state index in [2.05, 4.69) is 27.2 Å². The molecule has 0 bridgehead atoms. The molecule has 2 amide bonds. The smallest absolute Gasteiger partial charge is 0.410 e. The van der Waals surface area contributed by atoms with Crippen molar-refractivity contribution >= 4 is 51.6 Å². The van der Waals surface area contributed by atoms with E-state index in [0.29, 0.717) is 42.8 Å². The van der Waals surface area contributed by atoms with E-state index in [-0.39, 0.29) is 35.6 Å². The summed E-state index contributed by atoms with van der Waals surface area (Å²) in [5.41, 5.74) is 6.73. The van der Waals surface area contributed by atoms with Crippen molar-refractivity contribution in [3.05, 3.63) is 47.1 Å². The number of nitrogens with zero attached hydrogens (tertiary/aromatic N) is 5. The maximum atomic E-state index is 13.8. The van der Waals surface area contributed by atoms with Gasteiger partial charge in [-0.15, -0.1) is 0 Å². The molecule has 0 spiro atoms. The molecule has 230 valence electrons. The van der Waals surface area contributed by atoms with Gasteiger partial charge in [0.2, 0.25) is 0 Å². The number of carbonyl (C=O) groups is 2. The Kier molecular flexibility index (Phi) is 8.84. The number of halogens is 1. The molecule has 3 N–H and O–H groups in total. The molecule has 1 aromatic heterocycles. The van der Waals surface area contributed by atoms with Gasteiger partial charge in [-0.1, -0.05) is 35.9 Å². The van der Waals surface area contributed by atoms with Crippen LogP contribution in [-0.2, 0) is 4.74 Å². The Morgan fingerprint density at radius 1 is 1.12 bits per heavy atom. The number of carbonyl (C=O) groups excluding carboxylic acids is 2. The Bertz CT molecular complexity index is 1510. The Balaban J connectivity index is 1.44. The van der Waals surface area contributed by atoms with Crippen molar-refractivity contribution in [2.24, 2.45) is 0 Å². The quantitative estimate of drug-likeness (QED) is 0.395. The van der Waals surface area contributed by atoms with Crippen LogP contribution >= 0.6 is 11.6 Å². The maximum Gasteiger partial charge on any atom is 0.410 e. The third kappa shape index (κ3) is 6.88. The molecular weight excluding hydrogens is 570 g/mol. The van der Waals surface area contributed by atoms with Crippen molar-refractivity contribution in [3.8, 4) is 6.01 Å². The molecule has 3 heterocycles. The number of aromatic nitrogens is 2. The number of likely N-dealkylation sites (N-methyl/N-ethyl adjacent to an activating group) is 1. The lowest BCUT2D eigenvalue weighted by molar-refractivity contribution is 0.0218. The van der Waals surface area contributed by atoms with Crippen LogP contribution < -0.4 is 20.7 Å². The fourth-order valence-electron chi connectivity index (χ4n) is 5.60. The molecule has 2 fully saturated rings. The summed E-state index contributed by atoms with van der Waals surface area (Å²) in [6.07, 6.45) is 1.74. The zero-order valence-corrected chi connectivity index (χ0v) is 26.1. The highest BCUT2D eigenvalue weighted by molar-refractivity contribution is 6.37. The molecular formula is C31H40ClN7O4. The van der Waals surface area contributed by atoms with Crippen molar-refractivity contribution in [1.82, 2.24) is 19.8 Å². The highest BCUT2D eigenvalue weighted by atomic mass is 35.5. The van der Waals surface area contributed by atoms with E-state index >= 15 is 0 Å². The molecule has 11 nitrogen and oxygen atoms in total. The summed E-state index contributed by atoms with van der Waals surface area (Å²) in [6.45, 7) is 10.1. The monoisotopic (exact) mass is 609 g/mol. The topological polar surface area (TPSA) is 126 Å². The molecule has 0 radical (unpaired) electrons. The van der Waals surface area contributed by atoms with Crippen molar-refractivity contribution < 1.29 is 19.1 Å². The number of benzene rings is 2. The molecule has 2 saturated heterocycles. The zero-order valence-electron chi connectivity index (χ0n) is 25.4. The van der Waals surface area contributed by atoms with Gasteiger partial charge in [-0.2, -0.15) is 9.97 Å². The van der Waals surface area contributed by atoms with Crippen LogP contribution in [0.1, 0.15) is 51.0 Å². The Labute approximate surface area is 257 Å². The van der Waals surface area contributed by atoms with Crippen molar-refractivity contribution in [1.29, 1.82) is 0 Å². The van der Waals surface area contributed by atoms with Gasteiger partial charge in [-0.05, 0) is 71.6 Å². The van der Waals surface area contributed by atoms with Crippen molar-refractivity contribution in [3.63, 3.8) is 0 Å². The van der Waals surface area contributed by atoms with Gasteiger partial charge in [0.15, 0.2) is 11.5 Å². The number of anilines is 3. The van der Waals surface area contributed by atoms with Gasteiger partial charge in [-0.3, -0.25) is 4.79 Å². The molecule has 0 saturated carbocycles. The number of amides is 2. The largest absolute Gasteiger partial charge is 0.462 e. The maximum absolute atomic E-state index is 13.8. The predicted molar refractivity (Wildman–Crippen MR) is 169 cm³/mol. The minimum Gasteiger partial charge on any atom is -0.462 e. The molecule has 2 aromatic carbocycles. The van der Waals surface area contributed by atoms with Gasteiger partial charge in [-0.25, -0.2) is 4.79 Å². The van der Waals surface area contributed by atoms with Crippen molar-refractivity contribution in [2.45, 2.75) is 58.2 Å². The number of nitrogen functional groups attached to an aromatic ring is 1. The highest BCUT2D eigenvalue weighted by Gasteiger charge is 2.33. The first kappa shape index (κ1) is 30.6. The van der Waals surface area contributed by atoms with Gasteiger partial charge in [0.1, 0.15) is 17.9 Å². The first-order valence-electron chi connectivity index (χ1n) is 14.6. The average molecular weight is 610 g/mol. The fraction of sp³-hybridized carbons (Fsp3) is 0.484. The molecule has 2 atom stereocenters. The summed E-state index contributed by atoms with van der Waals surface area (Å²) < 4.78 is 11.7. The van der Waals surface area contributed by atoms with Crippen LogP contribution in [0.15, 0.2) is 36.4 Å². The summed E-state index contributed by atoms with van der Waals surface area (Å²) >= 11 is 6.51. The van der Waals surface area contributed by atoms with Gasteiger partial charge < -0.3 is 35.2 Å². The lowest BCUT2D eigenvalue weighted by Gasteiger charge is -2.41. The fourth-order valence-corrected chi connectivity index (χ4v) is 5.88. The number of nitrogens with one attached hydrogen (secondary N) is 1. The Morgan fingerprint density at radius 3 is 2.53 bits per heavy atom. The number of rotatable bonds is 6. The lowest BCUT2D eigenvalue weighted by Crippen LogP contribution is -2.55. The Hall–Kier alpha value is -3.83.